The third kappa shape index (κ3) is 2.76. The van der Waals surface area contributed by atoms with E-state index in [0.717, 1.165) is 6.26 Å². The SMILES string of the molecule is Cc1ccc(S(=O)(=O)c2ccccc2)c(S(C)(=O)=O)c1. The Morgan fingerprint density at radius 1 is 0.800 bits per heavy atom. The Morgan fingerprint density at radius 2 is 1.40 bits per heavy atom. The molecule has 0 spiro atoms. The molecule has 0 aromatic heterocycles. The van der Waals surface area contributed by atoms with Crippen molar-refractivity contribution < 1.29 is 16.8 Å². The van der Waals surface area contributed by atoms with Crippen molar-refractivity contribution >= 4 is 19.7 Å². The Hall–Kier alpha value is -1.66. The van der Waals surface area contributed by atoms with E-state index in [4.69, 9.17) is 0 Å². The Balaban J connectivity index is 2.77. The minimum absolute atomic E-state index is 0.0775. The molecule has 2 aromatic carbocycles. The summed E-state index contributed by atoms with van der Waals surface area (Å²) < 4.78 is 48.7. The molecule has 0 amide bonds. The molecule has 0 aliphatic rings. The van der Waals surface area contributed by atoms with Crippen molar-refractivity contribution in [2.24, 2.45) is 0 Å². The van der Waals surface area contributed by atoms with Gasteiger partial charge in [-0.25, -0.2) is 16.8 Å². The minimum Gasteiger partial charge on any atom is -0.224 e. The average molecular weight is 310 g/mol. The summed E-state index contributed by atoms with van der Waals surface area (Å²) in [6, 6.07) is 12.1. The van der Waals surface area contributed by atoms with Gasteiger partial charge >= 0.3 is 0 Å². The zero-order valence-corrected chi connectivity index (χ0v) is 12.7. The van der Waals surface area contributed by atoms with Crippen LogP contribution in [0.1, 0.15) is 5.56 Å². The van der Waals surface area contributed by atoms with E-state index in [-0.39, 0.29) is 14.7 Å². The lowest BCUT2D eigenvalue weighted by Gasteiger charge is -2.10. The maximum atomic E-state index is 12.5. The van der Waals surface area contributed by atoms with Crippen LogP contribution in [0.5, 0.6) is 0 Å². The second-order valence-corrected chi connectivity index (χ2v) is 8.44. The van der Waals surface area contributed by atoms with Crippen LogP contribution in [-0.4, -0.2) is 23.1 Å². The summed E-state index contributed by atoms with van der Waals surface area (Å²) in [7, 11) is -7.47. The predicted octanol–water partition coefficient (Wildman–Crippen LogP) is 2.23. The highest BCUT2D eigenvalue weighted by atomic mass is 32.2. The van der Waals surface area contributed by atoms with Crippen LogP contribution in [0, 0.1) is 6.92 Å². The Kier molecular flexibility index (Phi) is 3.71. The van der Waals surface area contributed by atoms with E-state index in [0.29, 0.717) is 5.56 Å². The lowest BCUT2D eigenvalue weighted by atomic mass is 10.2. The molecule has 0 saturated carbocycles. The molecule has 0 fully saturated rings. The lowest BCUT2D eigenvalue weighted by Crippen LogP contribution is -2.09. The molecule has 0 aliphatic heterocycles. The van der Waals surface area contributed by atoms with Crippen LogP contribution < -0.4 is 0 Å². The molecular weight excluding hydrogens is 296 g/mol. The Labute approximate surface area is 118 Å². The molecule has 0 aliphatic carbocycles. The molecule has 0 unspecified atom stereocenters. The summed E-state index contributed by atoms with van der Waals surface area (Å²) in [6.07, 6.45) is 1.01. The van der Waals surface area contributed by atoms with Crippen LogP contribution >= 0.6 is 0 Å². The molecule has 0 saturated heterocycles. The van der Waals surface area contributed by atoms with E-state index < -0.39 is 19.7 Å². The standard InChI is InChI=1S/C14H14O4S2/c1-11-8-9-13(14(10-11)19(2,15)16)20(17,18)12-6-4-3-5-7-12/h3-10H,1-2H3. The average Bonchev–Trinajstić information content (AvgIpc) is 2.38. The summed E-state index contributed by atoms with van der Waals surface area (Å²) in [5.41, 5.74) is 0.692. The maximum absolute atomic E-state index is 12.5. The molecule has 0 radical (unpaired) electrons. The van der Waals surface area contributed by atoms with Crippen LogP contribution in [0.3, 0.4) is 0 Å². The number of sulfone groups is 2. The van der Waals surface area contributed by atoms with E-state index >= 15 is 0 Å². The number of rotatable bonds is 3. The first-order valence-electron chi connectivity index (χ1n) is 5.84. The zero-order valence-electron chi connectivity index (χ0n) is 11.1. The van der Waals surface area contributed by atoms with E-state index in [1.807, 2.05) is 0 Å². The predicted molar refractivity (Wildman–Crippen MR) is 76.2 cm³/mol. The molecule has 106 valence electrons. The van der Waals surface area contributed by atoms with Gasteiger partial charge in [-0.1, -0.05) is 24.3 Å². The van der Waals surface area contributed by atoms with Gasteiger partial charge in [0, 0.05) is 6.26 Å². The fourth-order valence-electron chi connectivity index (χ4n) is 1.85. The minimum atomic E-state index is -3.85. The number of benzene rings is 2. The Morgan fingerprint density at radius 3 is 1.95 bits per heavy atom. The summed E-state index contributed by atoms with van der Waals surface area (Å²) in [4.78, 5) is -0.271. The van der Waals surface area contributed by atoms with Crippen molar-refractivity contribution in [2.75, 3.05) is 6.26 Å². The molecule has 6 heteroatoms. The number of hydrogen-bond donors (Lipinski definition) is 0. The highest BCUT2D eigenvalue weighted by molar-refractivity contribution is 7.94. The van der Waals surface area contributed by atoms with Gasteiger partial charge in [0.15, 0.2) is 9.84 Å². The van der Waals surface area contributed by atoms with Crippen LogP contribution in [0.4, 0.5) is 0 Å². The van der Waals surface area contributed by atoms with Crippen molar-refractivity contribution in [2.45, 2.75) is 21.6 Å². The first kappa shape index (κ1) is 14.7. The van der Waals surface area contributed by atoms with Gasteiger partial charge in [0.25, 0.3) is 0 Å². The van der Waals surface area contributed by atoms with Crippen molar-refractivity contribution in [1.82, 2.24) is 0 Å². The second kappa shape index (κ2) is 5.03. The molecule has 20 heavy (non-hydrogen) atoms. The summed E-state index contributed by atoms with van der Waals surface area (Å²) in [5.74, 6) is 0. The largest absolute Gasteiger partial charge is 0.224 e. The van der Waals surface area contributed by atoms with Crippen LogP contribution in [0.2, 0.25) is 0 Å². The van der Waals surface area contributed by atoms with Gasteiger partial charge in [0.2, 0.25) is 9.84 Å². The van der Waals surface area contributed by atoms with E-state index in [2.05, 4.69) is 0 Å². The lowest BCUT2D eigenvalue weighted by molar-refractivity contribution is 0.585. The summed E-state index contributed by atoms with van der Waals surface area (Å²) >= 11 is 0. The van der Waals surface area contributed by atoms with Gasteiger partial charge < -0.3 is 0 Å². The highest BCUT2D eigenvalue weighted by Gasteiger charge is 2.25. The van der Waals surface area contributed by atoms with Crippen LogP contribution in [-0.2, 0) is 19.7 Å². The monoisotopic (exact) mass is 310 g/mol. The van der Waals surface area contributed by atoms with Gasteiger partial charge in [-0.05, 0) is 36.8 Å². The summed E-state index contributed by atoms with van der Waals surface area (Å²) in [5, 5.41) is 0. The number of aryl methyl sites for hydroxylation is 1. The quantitative estimate of drug-likeness (QED) is 0.872. The van der Waals surface area contributed by atoms with Crippen molar-refractivity contribution in [3.8, 4) is 0 Å². The van der Waals surface area contributed by atoms with Crippen LogP contribution in [0.15, 0.2) is 63.2 Å². The topological polar surface area (TPSA) is 68.3 Å². The molecule has 0 heterocycles. The molecule has 2 aromatic rings. The smallest absolute Gasteiger partial charge is 0.207 e. The van der Waals surface area contributed by atoms with Crippen molar-refractivity contribution in [3.63, 3.8) is 0 Å². The van der Waals surface area contributed by atoms with Gasteiger partial charge in [-0.2, -0.15) is 0 Å². The third-order valence-electron chi connectivity index (χ3n) is 2.84. The second-order valence-electron chi connectivity index (χ2n) is 4.54. The molecular formula is C14H14O4S2. The van der Waals surface area contributed by atoms with E-state index in [1.165, 1.54) is 24.3 Å². The molecule has 0 bridgehead atoms. The zero-order chi connectivity index (χ0) is 15.0. The normalized spacial score (nSPS) is 12.3. The molecule has 0 N–H and O–H groups in total. The molecule has 0 atom stereocenters. The Bertz CT molecular complexity index is 836. The fourth-order valence-corrected chi connectivity index (χ4v) is 4.81. The van der Waals surface area contributed by atoms with Gasteiger partial charge in [0.1, 0.15) is 0 Å². The maximum Gasteiger partial charge on any atom is 0.207 e. The molecule has 4 nitrogen and oxygen atoms in total. The first-order valence-corrected chi connectivity index (χ1v) is 9.21. The molecule has 2 rings (SSSR count). The van der Waals surface area contributed by atoms with Gasteiger partial charge in [-0.15, -0.1) is 0 Å². The summed E-state index contributed by atoms with van der Waals surface area (Å²) in [6.45, 7) is 1.72. The van der Waals surface area contributed by atoms with Gasteiger partial charge in [0.05, 0.1) is 14.7 Å². The van der Waals surface area contributed by atoms with E-state index in [9.17, 15) is 16.8 Å². The number of hydrogen-bond acceptors (Lipinski definition) is 4. The van der Waals surface area contributed by atoms with Crippen molar-refractivity contribution in [1.29, 1.82) is 0 Å². The third-order valence-corrected chi connectivity index (χ3v) is 5.94. The fraction of sp³-hybridized carbons (Fsp3) is 0.143. The van der Waals surface area contributed by atoms with Gasteiger partial charge in [-0.3, -0.25) is 0 Å². The van der Waals surface area contributed by atoms with Crippen LogP contribution in [0.25, 0.3) is 0 Å². The first-order chi connectivity index (χ1) is 9.23. The van der Waals surface area contributed by atoms with Crippen molar-refractivity contribution in [3.05, 3.63) is 54.1 Å². The van der Waals surface area contributed by atoms with E-state index in [1.54, 1.807) is 31.2 Å². The highest BCUT2D eigenvalue weighted by Crippen LogP contribution is 2.27.